The summed E-state index contributed by atoms with van der Waals surface area (Å²) >= 11 is 0. The SMILES string of the molecule is COC[C@]12CNC3[C@@H]4[C@H](OC)[C@H]1[C@@]3([C@@H](OC)C[C@H]2O)[C@@H]1C[C@@]2(O)[C@H](OC(=O)c3ccc(OC)cc3)[C@@H]1[C@]4(OC)[C@@H](O)[C@@H]2OC. The van der Waals surface area contributed by atoms with Crippen molar-refractivity contribution >= 4 is 5.97 Å². The third kappa shape index (κ3) is 3.32. The zero-order chi connectivity index (χ0) is 31.4. The van der Waals surface area contributed by atoms with E-state index in [4.69, 9.17) is 33.2 Å². The van der Waals surface area contributed by atoms with Gasteiger partial charge >= 0.3 is 5.97 Å². The van der Waals surface area contributed by atoms with Crippen LogP contribution in [0.15, 0.2) is 24.3 Å². The van der Waals surface area contributed by atoms with Crippen molar-refractivity contribution in [3.8, 4) is 5.75 Å². The lowest BCUT2D eigenvalue weighted by molar-refractivity contribution is -0.314. The molecule has 1 unspecified atom stereocenters. The molecule has 1 spiro atoms. The summed E-state index contributed by atoms with van der Waals surface area (Å²) in [5, 5.41) is 40.5. The minimum atomic E-state index is -1.73. The topological polar surface area (TPSA) is 154 Å². The maximum absolute atomic E-state index is 13.7. The maximum atomic E-state index is 13.7. The number of aliphatic hydroxyl groups excluding tert-OH is 2. The molecule has 1 heterocycles. The Bertz CT molecular complexity index is 1280. The molecule has 6 fully saturated rings. The van der Waals surface area contributed by atoms with Crippen molar-refractivity contribution < 1.29 is 53.3 Å². The van der Waals surface area contributed by atoms with Crippen molar-refractivity contribution in [3.05, 3.63) is 29.8 Å². The number of methoxy groups -OCH3 is 6. The number of carbonyl (C=O) groups is 1. The molecule has 5 saturated carbocycles. The average Bonchev–Trinajstić information content (AvgIpc) is 3.37. The molecule has 12 nitrogen and oxygen atoms in total. The van der Waals surface area contributed by atoms with E-state index in [1.807, 2.05) is 0 Å². The molecule has 1 aromatic carbocycles. The van der Waals surface area contributed by atoms with Gasteiger partial charge in [-0.3, -0.25) is 0 Å². The first-order valence-corrected chi connectivity index (χ1v) is 15.4. The molecular formula is C32H45NO11. The molecule has 1 saturated heterocycles. The van der Waals surface area contributed by atoms with Crippen molar-refractivity contribution in [2.75, 3.05) is 55.8 Å². The Balaban J connectivity index is 1.44. The number of esters is 1. The first-order valence-electron chi connectivity index (χ1n) is 15.4. The van der Waals surface area contributed by atoms with Gasteiger partial charge in [0.15, 0.2) is 0 Å². The van der Waals surface area contributed by atoms with Crippen molar-refractivity contribution in [2.45, 2.75) is 66.7 Å². The van der Waals surface area contributed by atoms with Crippen LogP contribution in [0.25, 0.3) is 0 Å². The van der Waals surface area contributed by atoms with E-state index < -0.39 is 76.5 Å². The summed E-state index contributed by atoms with van der Waals surface area (Å²) in [4.78, 5) is 13.7. The van der Waals surface area contributed by atoms with Gasteiger partial charge in [-0.15, -0.1) is 0 Å². The lowest BCUT2D eigenvalue weighted by Gasteiger charge is -2.68. The summed E-state index contributed by atoms with van der Waals surface area (Å²) in [6, 6.07) is 6.33. The summed E-state index contributed by atoms with van der Waals surface area (Å²) in [7, 11) is 9.49. The quantitative estimate of drug-likeness (QED) is 0.275. The van der Waals surface area contributed by atoms with E-state index in [1.165, 1.54) is 7.11 Å². The lowest BCUT2D eigenvalue weighted by Crippen LogP contribution is -2.81. The van der Waals surface area contributed by atoms with Gasteiger partial charge in [-0.25, -0.2) is 4.79 Å². The summed E-state index contributed by atoms with van der Waals surface area (Å²) in [6.45, 7) is 0.761. The fourth-order valence-electron chi connectivity index (χ4n) is 11.8. The molecule has 4 N–H and O–H groups in total. The summed E-state index contributed by atoms with van der Waals surface area (Å²) < 4.78 is 42.5. The van der Waals surface area contributed by atoms with Crippen LogP contribution in [0.2, 0.25) is 0 Å². The van der Waals surface area contributed by atoms with Crippen LogP contribution in [0.3, 0.4) is 0 Å². The normalized spacial score (nSPS) is 51.2. The molecule has 0 radical (unpaired) electrons. The fourth-order valence-corrected chi connectivity index (χ4v) is 11.8. The summed E-state index contributed by atoms with van der Waals surface area (Å²) in [5.41, 5.74) is -4.19. The van der Waals surface area contributed by atoms with Crippen LogP contribution >= 0.6 is 0 Å². The van der Waals surface area contributed by atoms with E-state index in [-0.39, 0.29) is 30.9 Å². The number of rotatable bonds is 9. The number of hydrogen-bond donors (Lipinski definition) is 4. The van der Waals surface area contributed by atoms with Crippen LogP contribution in [0.5, 0.6) is 5.75 Å². The van der Waals surface area contributed by atoms with Crippen molar-refractivity contribution in [3.63, 3.8) is 0 Å². The highest BCUT2D eigenvalue weighted by molar-refractivity contribution is 5.89. The smallest absolute Gasteiger partial charge is 0.338 e. The molecule has 7 rings (SSSR count). The van der Waals surface area contributed by atoms with Gasteiger partial charge in [0.2, 0.25) is 0 Å². The molecule has 0 aromatic heterocycles. The molecule has 15 atom stereocenters. The molecule has 5 aliphatic carbocycles. The first kappa shape index (κ1) is 30.8. The van der Waals surface area contributed by atoms with Crippen LogP contribution < -0.4 is 10.1 Å². The Kier molecular flexibility index (Phi) is 7.21. The predicted molar refractivity (Wildman–Crippen MR) is 153 cm³/mol. The second kappa shape index (κ2) is 10.3. The summed E-state index contributed by atoms with van der Waals surface area (Å²) in [5.74, 6) is -1.77. The number of carbonyl (C=O) groups excluding carboxylic acids is 1. The molecule has 7 bridgehead atoms. The standard InChI is InChI=1S/C32H45NO11/c1-38-14-29-13-33-24-21-22(41-4)23(29)31(24,19(40-3)11-18(29)34)17-12-30(37)26(20(17)32(21,43-6)25(35)27(30)42-5)44-28(36)15-7-9-16(39-2)10-8-15/h7-10,17-27,33-35,37H,11-14H2,1-6H3/t17-,18-,19+,20-,21+,22+,23-,24?,25+,26-,27+,29+,30-,31+,32-/m1/s1. The third-order valence-electron chi connectivity index (χ3n) is 12.9. The van der Waals surface area contributed by atoms with Gasteiger partial charge < -0.3 is 53.8 Å². The third-order valence-corrected chi connectivity index (χ3v) is 12.9. The van der Waals surface area contributed by atoms with E-state index in [1.54, 1.807) is 59.8 Å². The number of aliphatic hydroxyl groups is 3. The molecule has 1 aliphatic heterocycles. The Hall–Kier alpha value is -1.87. The maximum Gasteiger partial charge on any atom is 0.338 e. The molecule has 6 aliphatic rings. The van der Waals surface area contributed by atoms with Gasteiger partial charge in [-0.05, 0) is 36.6 Å². The van der Waals surface area contributed by atoms with Crippen LogP contribution in [0, 0.1) is 34.5 Å². The van der Waals surface area contributed by atoms with Crippen LogP contribution in [-0.2, 0) is 28.4 Å². The van der Waals surface area contributed by atoms with Crippen molar-refractivity contribution in [2.24, 2.45) is 34.5 Å². The van der Waals surface area contributed by atoms with Crippen LogP contribution in [0.4, 0.5) is 0 Å². The first-order chi connectivity index (χ1) is 21.1. The van der Waals surface area contributed by atoms with Gasteiger partial charge in [-0.1, -0.05) is 0 Å². The van der Waals surface area contributed by atoms with Gasteiger partial charge in [0.1, 0.15) is 35.3 Å². The lowest BCUT2D eigenvalue weighted by atomic mass is 9.43. The van der Waals surface area contributed by atoms with Crippen LogP contribution in [-0.4, -0.2) is 131 Å². The van der Waals surface area contributed by atoms with Gasteiger partial charge in [0.05, 0.1) is 37.6 Å². The van der Waals surface area contributed by atoms with E-state index in [0.717, 1.165) is 0 Å². The molecule has 12 heteroatoms. The number of piperidine rings is 1. The number of hydrogen-bond acceptors (Lipinski definition) is 12. The molecule has 0 amide bonds. The van der Waals surface area contributed by atoms with E-state index in [0.29, 0.717) is 24.3 Å². The van der Waals surface area contributed by atoms with Crippen molar-refractivity contribution in [1.82, 2.24) is 5.32 Å². The number of ether oxygens (including phenoxy) is 7. The molecule has 1 aromatic rings. The zero-order valence-corrected chi connectivity index (χ0v) is 26.1. The molecule has 244 valence electrons. The summed E-state index contributed by atoms with van der Waals surface area (Å²) in [6.07, 6.45) is -4.61. The highest BCUT2D eigenvalue weighted by atomic mass is 16.6. The predicted octanol–water partition coefficient (Wildman–Crippen LogP) is 0.00770. The van der Waals surface area contributed by atoms with E-state index in [2.05, 4.69) is 5.32 Å². The van der Waals surface area contributed by atoms with Crippen molar-refractivity contribution in [1.29, 1.82) is 0 Å². The molecule has 44 heavy (non-hydrogen) atoms. The highest BCUT2D eigenvalue weighted by Gasteiger charge is 2.90. The van der Waals surface area contributed by atoms with Crippen LogP contribution in [0.1, 0.15) is 23.2 Å². The molecular weight excluding hydrogens is 574 g/mol. The average molecular weight is 620 g/mol. The fraction of sp³-hybridized carbons (Fsp3) is 0.781. The Labute approximate surface area is 257 Å². The minimum Gasteiger partial charge on any atom is -0.497 e. The van der Waals surface area contributed by atoms with Gasteiger partial charge in [-0.2, -0.15) is 0 Å². The zero-order valence-electron chi connectivity index (χ0n) is 26.1. The monoisotopic (exact) mass is 619 g/mol. The number of fused-ring (bicyclic) bond motifs is 2. The Morgan fingerprint density at radius 3 is 2.30 bits per heavy atom. The second-order valence-corrected chi connectivity index (χ2v) is 13.7. The number of benzene rings is 1. The van der Waals surface area contributed by atoms with E-state index in [9.17, 15) is 20.1 Å². The Morgan fingerprint density at radius 2 is 1.70 bits per heavy atom. The number of nitrogens with one attached hydrogen (secondary N) is 1. The minimum absolute atomic E-state index is 0.162. The largest absolute Gasteiger partial charge is 0.497 e. The van der Waals surface area contributed by atoms with Gasteiger partial charge in [0, 0.05) is 83.1 Å². The second-order valence-electron chi connectivity index (χ2n) is 13.7. The van der Waals surface area contributed by atoms with E-state index >= 15 is 0 Å². The Morgan fingerprint density at radius 1 is 0.977 bits per heavy atom. The van der Waals surface area contributed by atoms with Gasteiger partial charge in [0.25, 0.3) is 0 Å². The highest BCUT2D eigenvalue weighted by Crippen LogP contribution is 2.79.